The van der Waals surface area contributed by atoms with Crippen LogP contribution in [0, 0.1) is 5.41 Å². The van der Waals surface area contributed by atoms with Gasteiger partial charge in [0.05, 0.1) is 0 Å². The lowest BCUT2D eigenvalue weighted by atomic mass is 9.71. The minimum Gasteiger partial charge on any atom is -0.306 e. The summed E-state index contributed by atoms with van der Waals surface area (Å²) in [5, 5.41) is 0. The standard InChI is InChI=1S/C17H33N3/c1-3-19-12-6-17(7-13-19)8-14-20(15-9-17)16-4-10-18(2)11-5-16/h16H,3-15H2,1-2H3. The Labute approximate surface area is 125 Å². The van der Waals surface area contributed by atoms with E-state index in [1.807, 2.05) is 0 Å². The lowest BCUT2D eigenvalue weighted by Crippen LogP contribution is -2.51. The zero-order valence-corrected chi connectivity index (χ0v) is 13.6. The topological polar surface area (TPSA) is 9.72 Å². The third kappa shape index (κ3) is 3.20. The van der Waals surface area contributed by atoms with Crippen LogP contribution in [0.15, 0.2) is 0 Å². The van der Waals surface area contributed by atoms with Crippen molar-refractivity contribution in [3.05, 3.63) is 0 Å². The van der Waals surface area contributed by atoms with Gasteiger partial charge in [0.15, 0.2) is 0 Å². The van der Waals surface area contributed by atoms with Crippen molar-refractivity contribution in [1.82, 2.24) is 14.7 Å². The van der Waals surface area contributed by atoms with Crippen LogP contribution >= 0.6 is 0 Å². The van der Waals surface area contributed by atoms with Crippen LogP contribution in [0.4, 0.5) is 0 Å². The fourth-order valence-electron chi connectivity index (χ4n) is 4.57. The van der Waals surface area contributed by atoms with E-state index in [9.17, 15) is 0 Å². The van der Waals surface area contributed by atoms with Gasteiger partial charge in [0.2, 0.25) is 0 Å². The Bertz CT molecular complexity index is 291. The smallest absolute Gasteiger partial charge is 0.0120 e. The highest BCUT2D eigenvalue weighted by Gasteiger charge is 2.38. The highest BCUT2D eigenvalue weighted by atomic mass is 15.2. The molecule has 3 aliphatic heterocycles. The van der Waals surface area contributed by atoms with Crippen molar-refractivity contribution in [1.29, 1.82) is 0 Å². The largest absolute Gasteiger partial charge is 0.306 e. The SMILES string of the molecule is CCN1CCC2(CC1)CCN(C1CCN(C)CC1)CC2. The lowest BCUT2D eigenvalue weighted by molar-refractivity contribution is 0.00976. The quantitative estimate of drug-likeness (QED) is 0.768. The van der Waals surface area contributed by atoms with Crippen molar-refractivity contribution in [3.8, 4) is 0 Å². The molecular weight excluding hydrogens is 246 g/mol. The molecule has 0 aromatic rings. The van der Waals surface area contributed by atoms with Gasteiger partial charge in [-0.15, -0.1) is 0 Å². The zero-order chi connectivity index (χ0) is 14.0. The molecule has 3 heteroatoms. The Morgan fingerprint density at radius 2 is 1.40 bits per heavy atom. The van der Waals surface area contributed by atoms with Crippen molar-refractivity contribution in [2.75, 3.05) is 52.9 Å². The molecule has 0 atom stereocenters. The summed E-state index contributed by atoms with van der Waals surface area (Å²) in [6.45, 7) is 11.6. The van der Waals surface area contributed by atoms with E-state index in [4.69, 9.17) is 0 Å². The van der Waals surface area contributed by atoms with E-state index in [0.717, 1.165) is 6.04 Å². The molecule has 3 rings (SSSR count). The maximum atomic E-state index is 2.82. The summed E-state index contributed by atoms with van der Waals surface area (Å²) < 4.78 is 0. The summed E-state index contributed by atoms with van der Waals surface area (Å²) in [7, 11) is 2.27. The predicted molar refractivity (Wildman–Crippen MR) is 85.1 cm³/mol. The molecule has 0 bridgehead atoms. The summed E-state index contributed by atoms with van der Waals surface area (Å²) in [4.78, 5) is 7.95. The van der Waals surface area contributed by atoms with Gasteiger partial charge < -0.3 is 14.7 Å². The average Bonchev–Trinajstić information content (AvgIpc) is 2.50. The molecule has 3 nitrogen and oxygen atoms in total. The maximum absolute atomic E-state index is 2.82. The van der Waals surface area contributed by atoms with Crippen LogP contribution in [-0.2, 0) is 0 Å². The minimum absolute atomic E-state index is 0.716. The molecular formula is C17H33N3. The predicted octanol–water partition coefficient (Wildman–Crippen LogP) is 2.28. The zero-order valence-electron chi connectivity index (χ0n) is 13.6. The lowest BCUT2D eigenvalue weighted by Gasteiger charge is -2.49. The highest BCUT2D eigenvalue weighted by Crippen LogP contribution is 2.42. The molecule has 3 aliphatic rings. The van der Waals surface area contributed by atoms with Crippen molar-refractivity contribution in [2.45, 2.75) is 51.5 Å². The average molecular weight is 279 g/mol. The van der Waals surface area contributed by atoms with Crippen LogP contribution in [0.3, 0.4) is 0 Å². The summed E-state index contributed by atoms with van der Waals surface area (Å²) in [5.74, 6) is 0. The van der Waals surface area contributed by atoms with Gasteiger partial charge in [-0.25, -0.2) is 0 Å². The molecule has 0 aromatic heterocycles. The third-order valence-corrected chi connectivity index (χ3v) is 6.43. The van der Waals surface area contributed by atoms with Gasteiger partial charge in [-0.1, -0.05) is 6.92 Å². The molecule has 0 saturated carbocycles. The highest BCUT2D eigenvalue weighted by molar-refractivity contribution is 4.92. The van der Waals surface area contributed by atoms with E-state index in [0.29, 0.717) is 5.41 Å². The molecule has 3 fully saturated rings. The van der Waals surface area contributed by atoms with E-state index in [2.05, 4.69) is 28.7 Å². The molecule has 0 aliphatic carbocycles. The second-order valence-electron chi connectivity index (χ2n) is 7.50. The van der Waals surface area contributed by atoms with E-state index < -0.39 is 0 Å². The molecule has 116 valence electrons. The molecule has 1 spiro atoms. The molecule has 0 aromatic carbocycles. The fraction of sp³-hybridized carbons (Fsp3) is 1.00. The van der Waals surface area contributed by atoms with Crippen LogP contribution in [0.2, 0.25) is 0 Å². The molecule has 20 heavy (non-hydrogen) atoms. The first kappa shape index (κ1) is 14.8. The molecule has 0 N–H and O–H groups in total. The Hall–Kier alpha value is -0.120. The van der Waals surface area contributed by atoms with Crippen LogP contribution in [0.1, 0.15) is 45.4 Å². The normalized spacial score (nSPS) is 30.9. The Morgan fingerprint density at radius 1 is 0.850 bits per heavy atom. The number of nitrogens with zero attached hydrogens (tertiary/aromatic N) is 3. The van der Waals surface area contributed by atoms with E-state index in [1.165, 1.54) is 84.3 Å². The van der Waals surface area contributed by atoms with E-state index >= 15 is 0 Å². The summed E-state index contributed by atoms with van der Waals surface area (Å²) >= 11 is 0. The molecule has 0 amide bonds. The van der Waals surface area contributed by atoms with Gasteiger partial charge in [0, 0.05) is 6.04 Å². The van der Waals surface area contributed by atoms with Gasteiger partial charge in [0.25, 0.3) is 0 Å². The fourth-order valence-corrected chi connectivity index (χ4v) is 4.57. The molecule has 3 saturated heterocycles. The van der Waals surface area contributed by atoms with Gasteiger partial charge in [-0.05, 0) is 96.8 Å². The van der Waals surface area contributed by atoms with Crippen molar-refractivity contribution in [2.24, 2.45) is 5.41 Å². The summed E-state index contributed by atoms with van der Waals surface area (Å²) in [6, 6.07) is 0.888. The minimum atomic E-state index is 0.716. The monoisotopic (exact) mass is 279 g/mol. The molecule has 0 unspecified atom stereocenters. The van der Waals surface area contributed by atoms with Gasteiger partial charge in [-0.2, -0.15) is 0 Å². The van der Waals surface area contributed by atoms with Gasteiger partial charge in [0.1, 0.15) is 0 Å². The first-order valence-electron chi connectivity index (χ1n) is 8.86. The first-order valence-corrected chi connectivity index (χ1v) is 8.86. The maximum Gasteiger partial charge on any atom is 0.0120 e. The number of hydrogen-bond acceptors (Lipinski definition) is 3. The van der Waals surface area contributed by atoms with Crippen molar-refractivity contribution in [3.63, 3.8) is 0 Å². The molecule has 3 heterocycles. The second-order valence-corrected chi connectivity index (χ2v) is 7.50. The van der Waals surface area contributed by atoms with Crippen LogP contribution < -0.4 is 0 Å². The van der Waals surface area contributed by atoms with E-state index in [-0.39, 0.29) is 0 Å². The number of likely N-dealkylation sites (tertiary alicyclic amines) is 3. The first-order chi connectivity index (χ1) is 9.71. The third-order valence-electron chi connectivity index (χ3n) is 6.43. The summed E-state index contributed by atoms with van der Waals surface area (Å²) in [5.41, 5.74) is 0.716. The van der Waals surface area contributed by atoms with Gasteiger partial charge >= 0.3 is 0 Å². The van der Waals surface area contributed by atoms with Gasteiger partial charge in [-0.3, -0.25) is 0 Å². The van der Waals surface area contributed by atoms with Crippen molar-refractivity contribution >= 4 is 0 Å². The van der Waals surface area contributed by atoms with Crippen LogP contribution in [-0.4, -0.2) is 73.6 Å². The second kappa shape index (κ2) is 6.33. The van der Waals surface area contributed by atoms with Crippen molar-refractivity contribution < 1.29 is 0 Å². The van der Waals surface area contributed by atoms with Crippen LogP contribution in [0.25, 0.3) is 0 Å². The van der Waals surface area contributed by atoms with E-state index in [1.54, 1.807) is 0 Å². The Balaban J connectivity index is 1.47. The number of rotatable bonds is 2. The Kier molecular flexibility index (Phi) is 4.68. The number of hydrogen-bond donors (Lipinski definition) is 0. The number of piperidine rings is 3. The Morgan fingerprint density at radius 3 is 1.95 bits per heavy atom. The molecule has 0 radical (unpaired) electrons. The summed E-state index contributed by atoms with van der Waals surface area (Å²) in [6.07, 6.45) is 8.65. The van der Waals surface area contributed by atoms with Crippen LogP contribution in [0.5, 0.6) is 0 Å².